The Labute approximate surface area is 157 Å². The van der Waals surface area contributed by atoms with Crippen molar-refractivity contribution < 1.29 is 14.5 Å². The molecule has 0 aliphatic carbocycles. The van der Waals surface area contributed by atoms with Gasteiger partial charge in [-0.3, -0.25) is 14.8 Å². The Morgan fingerprint density at radius 3 is 2.74 bits per heavy atom. The third kappa shape index (κ3) is 4.82. The maximum absolute atomic E-state index is 11.8. The largest absolute Gasteiger partial charge is 0.465 e. The number of hydrogen-bond donors (Lipinski definition) is 1. The molecule has 9 heteroatoms. The number of hydrogen-bond acceptors (Lipinski definition) is 7. The lowest BCUT2D eigenvalue weighted by molar-refractivity contribution is -0.385. The lowest BCUT2D eigenvalue weighted by Crippen LogP contribution is -2.32. The summed E-state index contributed by atoms with van der Waals surface area (Å²) in [5.74, 6) is -0.748. The number of aromatic nitrogens is 2. The van der Waals surface area contributed by atoms with E-state index in [0.717, 1.165) is 31.9 Å². The smallest absolute Gasteiger partial charge is 0.344 e. The van der Waals surface area contributed by atoms with Crippen molar-refractivity contribution in [3.8, 4) is 0 Å². The molecule has 0 unspecified atom stereocenters. The second-order valence-electron chi connectivity index (χ2n) is 6.50. The average molecular weight is 373 g/mol. The number of carbonyl (C=O) groups excluding carboxylic acids is 1. The van der Waals surface area contributed by atoms with Crippen LogP contribution in [-0.2, 0) is 11.3 Å². The highest BCUT2D eigenvalue weighted by atomic mass is 16.6. The van der Waals surface area contributed by atoms with Crippen LogP contribution in [0.1, 0.15) is 29.6 Å². The molecule has 1 fully saturated rings. The van der Waals surface area contributed by atoms with E-state index in [-0.39, 0.29) is 11.3 Å². The number of esters is 1. The molecule has 27 heavy (non-hydrogen) atoms. The number of rotatable bonds is 7. The summed E-state index contributed by atoms with van der Waals surface area (Å²) in [4.78, 5) is 24.7. The number of nitrogens with zero attached hydrogens (tertiary/aromatic N) is 4. The van der Waals surface area contributed by atoms with Gasteiger partial charge in [-0.05, 0) is 38.1 Å². The minimum absolute atomic E-state index is 0.0926. The summed E-state index contributed by atoms with van der Waals surface area (Å²) in [5.41, 5.74) is 0.921. The maximum atomic E-state index is 11.8. The molecule has 2 aromatic rings. The van der Waals surface area contributed by atoms with Gasteiger partial charge in [0.25, 0.3) is 5.69 Å². The standard InChI is InChI=1S/C18H23N5O4/c1-27-18(24)16-11-14(5-6-17(16)23(25)26)20-15-12-19-22(13-15)10-9-21-7-3-2-4-8-21/h5-6,11-13,20H,2-4,7-10H2,1H3. The van der Waals surface area contributed by atoms with E-state index < -0.39 is 10.9 Å². The Morgan fingerprint density at radius 2 is 2.04 bits per heavy atom. The first kappa shape index (κ1) is 18.8. The van der Waals surface area contributed by atoms with E-state index >= 15 is 0 Å². The van der Waals surface area contributed by atoms with Crippen molar-refractivity contribution in [1.82, 2.24) is 14.7 Å². The van der Waals surface area contributed by atoms with E-state index in [1.807, 2.05) is 10.9 Å². The summed E-state index contributed by atoms with van der Waals surface area (Å²) in [5, 5.41) is 18.5. The van der Waals surface area contributed by atoms with E-state index in [9.17, 15) is 14.9 Å². The highest BCUT2D eigenvalue weighted by Gasteiger charge is 2.21. The summed E-state index contributed by atoms with van der Waals surface area (Å²) < 4.78 is 6.50. The predicted molar refractivity (Wildman–Crippen MR) is 100 cm³/mol. The van der Waals surface area contributed by atoms with E-state index in [1.165, 1.54) is 38.5 Å². The lowest BCUT2D eigenvalue weighted by Gasteiger charge is -2.26. The van der Waals surface area contributed by atoms with Gasteiger partial charge in [0.1, 0.15) is 5.56 Å². The quantitative estimate of drug-likeness (QED) is 0.452. The number of anilines is 2. The van der Waals surface area contributed by atoms with Gasteiger partial charge >= 0.3 is 5.97 Å². The summed E-state index contributed by atoms with van der Waals surface area (Å²) in [6.07, 6.45) is 7.40. The molecule has 0 saturated carbocycles. The van der Waals surface area contributed by atoms with Crippen LogP contribution in [0.25, 0.3) is 0 Å². The van der Waals surface area contributed by atoms with Crippen molar-refractivity contribution in [2.24, 2.45) is 0 Å². The van der Waals surface area contributed by atoms with Gasteiger partial charge in [0, 0.05) is 24.5 Å². The minimum atomic E-state index is -0.748. The number of methoxy groups -OCH3 is 1. The monoisotopic (exact) mass is 373 g/mol. The van der Waals surface area contributed by atoms with Crippen LogP contribution in [0.3, 0.4) is 0 Å². The van der Waals surface area contributed by atoms with Gasteiger partial charge in [0.15, 0.2) is 0 Å². The number of ether oxygens (including phenoxy) is 1. The van der Waals surface area contributed by atoms with Crippen LogP contribution < -0.4 is 5.32 Å². The zero-order valence-corrected chi connectivity index (χ0v) is 15.3. The van der Waals surface area contributed by atoms with Crippen LogP contribution in [-0.4, -0.2) is 52.3 Å². The minimum Gasteiger partial charge on any atom is -0.465 e. The number of carbonyl (C=O) groups is 1. The van der Waals surface area contributed by atoms with Gasteiger partial charge in [0.2, 0.25) is 0 Å². The number of nitro groups is 1. The van der Waals surface area contributed by atoms with Crippen molar-refractivity contribution in [1.29, 1.82) is 0 Å². The summed E-state index contributed by atoms with van der Waals surface area (Å²) in [7, 11) is 1.19. The maximum Gasteiger partial charge on any atom is 0.344 e. The van der Waals surface area contributed by atoms with Crippen molar-refractivity contribution >= 4 is 23.0 Å². The second kappa shape index (κ2) is 8.63. The molecule has 3 rings (SSSR count). The Kier molecular flexibility index (Phi) is 6.02. The van der Waals surface area contributed by atoms with Gasteiger partial charge in [-0.25, -0.2) is 4.79 Å². The van der Waals surface area contributed by atoms with Gasteiger partial charge in [0.05, 0.1) is 30.5 Å². The SMILES string of the molecule is COC(=O)c1cc(Nc2cnn(CCN3CCCCC3)c2)ccc1[N+](=O)[O-]. The number of piperidine rings is 1. The predicted octanol–water partition coefficient (Wildman–Crippen LogP) is 2.81. The molecule has 2 heterocycles. The number of nitro benzene ring substituents is 1. The molecule has 1 aromatic heterocycles. The molecular weight excluding hydrogens is 350 g/mol. The molecular formula is C18H23N5O4. The normalized spacial score (nSPS) is 14.7. The molecule has 0 spiro atoms. The fraction of sp³-hybridized carbons (Fsp3) is 0.444. The number of likely N-dealkylation sites (tertiary alicyclic amines) is 1. The van der Waals surface area contributed by atoms with Gasteiger partial charge in [-0.2, -0.15) is 5.10 Å². The van der Waals surface area contributed by atoms with Crippen LogP contribution in [0.5, 0.6) is 0 Å². The summed E-state index contributed by atoms with van der Waals surface area (Å²) >= 11 is 0. The van der Waals surface area contributed by atoms with E-state index in [1.54, 1.807) is 12.3 Å². The fourth-order valence-corrected chi connectivity index (χ4v) is 3.19. The zero-order valence-electron chi connectivity index (χ0n) is 15.3. The van der Waals surface area contributed by atoms with Crippen LogP contribution in [0.4, 0.5) is 17.1 Å². The highest BCUT2D eigenvalue weighted by Crippen LogP contribution is 2.25. The number of benzene rings is 1. The van der Waals surface area contributed by atoms with Crippen molar-refractivity contribution in [2.45, 2.75) is 25.8 Å². The molecule has 9 nitrogen and oxygen atoms in total. The third-order valence-electron chi connectivity index (χ3n) is 4.61. The molecule has 1 N–H and O–H groups in total. The summed E-state index contributed by atoms with van der Waals surface area (Å²) in [6, 6.07) is 4.25. The molecule has 1 aliphatic heterocycles. The molecule has 0 amide bonds. The average Bonchev–Trinajstić information content (AvgIpc) is 3.13. The third-order valence-corrected chi connectivity index (χ3v) is 4.61. The van der Waals surface area contributed by atoms with Crippen LogP contribution in [0.15, 0.2) is 30.6 Å². The Morgan fingerprint density at radius 1 is 1.26 bits per heavy atom. The van der Waals surface area contributed by atoms with Crippen LogP contribution in [0.2, 0.25) is 0 Å². The first-order chi connectivity index (χ1) is 13.1. The van der Waals surface area contributed by atoms with E-state index in [4.69, 9.17) is 0 Å². The van der Waals surface area contributed by atoms with Crippen LogP contribution >= 0.6 is 0 Å². The molecule has 0 atom stereocenters. The lowest BCUT2D eigenvalue weighted by atomic mass is 10.1. The van der Waals surface area contributed by atoms with Crippen molar-refractivity contribution in [2.75, 3.05) is 32.1 Å². The highest BCUT2D eigenvalue weighted by molar-refractivity contribution is 5.95. The first-order valence-corrected chi connectivity index (χ1v) is 8.95. The van der Waals surface area contributed by atoms with Crippen LogP contribution in [0, 0.1) is 10.1 Å². The van der Waals surface area contributed by atoms with Gasteiger partial charge < -0.3 is 15.0 Å². The molecule has 1 aliphatic rings. The molecule has 1 saturated heterocycles. The molecule has 0 bridgehead atoms. The van der Waals surface area contributed by atoms with Crippen molar-refractivity contribution in [3.63, 3.8) is 0 Å². The van der Waals surface area contributed by atoms with Gasteiger partial charge in [-0.1, -0.05) is 6.42 Å². The zero-order chi connectivity index (χ0) is 19.2. The van der Waals surface area contributed by atoms with E-state index in [0.29, 0.717) is 5.69 Å². The Bertz CT molecular complexity index is 814. The van der Waals surface area contributed by atoms with E-state index in [2.05, 4.69) is 20.1 Å². The topological polar surface area (TPSA) is 103 Å². The molecule has 0 radical (unpaired) electrons. The Balaban J connectivity index is 1.65. The van der Waals surface area contributed by atoms with Crippen molar-refractivity contribution in [3.05, 3.63) is 46.3 Å². The first-order valence-electron chi connectivity index (χ1n) is 8.95. The number of nitrogens with one attached hydrogen (secondary N) is 1. The molecule has 144 valence electrons. The fourth-order valence-electron chi connectivity index (χ4n) is 3.19. The molecule has 1 aromatic carbocycles. The summed E-state index contributed by atoms with van der Waals surface area (Å²) in [6.45, 7) is 4.05. The second-order valence-corrected chi connectivity index (χ2v) is 6.50. The van der Waals surface area contributed by atoms with Gasteiger partial charge in [-0.15, -0.1) is 0 Å². The Hall–Kier alpha value is -2.94.